The van der Waals surface area contributed by atoms with Crippen LogP contribution < -0.4 is 10.2 Å². The van der Waals surface area contributed by atoms with Crippen LogP contribution in [0.25, 0.3) is 10.4 Å². The molecule has 6 nitrogen and oxygen atoms in total. The molecule has 202 valence electrons. The normalized spacial score (nSPS) is 12.7. The van der Waals surface area contributed by atoms with E-state index < -0.39 is 20.0 Å². The summed E-state index contributed by atoms with van der Waals surface area (Å²) >= 11 is 1.65. The van der Waals surface area contributed by atoms with Crippen LogP contribution in [0.1, 0.15) is 73.1 Å². The van der Waals surface area contributed by atoms with E-state index in [1.807, 2.05) is 33.2 Å². The van der Waals surface area contributed by atoms with Gasteiger partial charge in [0.1, 0.15) is 5.60 Å². The molecule has 0 saturated carbocycles. The molecule has 0 spiro atoms. The summed E-state index contributed by atoms with van der Waals surface area (Å²) in [7, 11) is -1.78. The lowest BCUT2D eigenvalue weighted by Gasteiger charge is -2.37. The Kier molecular flexibility index (Phi) is 10.2. The maximum absolute atomic E-state index is 12.4. The number of rotatable bonds is 10. The van der Waals surface area contributed by atoms with Gasteiger partial charge in [-0.1, -0.05) is 32.9 Å². The van der Waals surface area contributed by atoms with Crippen molar-refractivity contribution in [2.45, 2.75) is 105 Å². The number of amides is 1. The van der Waals surface area contributed by atoms with E-state index in [2.05, 4.69) is 81.1 Å². The first-order chi connectivity index (χ1) is 16.5. The quantitative estimate of drug-likeness (QED) is 0.250. The maximum atomic E-state index is 12.4. The third-order valence-electron chi connectivity index (χ3n) is 6.66. The molecule has 0 aliphatic heterocycles. The van der Waals surface area contributed by atoms with E-state index in [1.54, 1.807) is 11.3 Å². The number of hydrogen-bond donors (Lipinski definition) is 1. The number of hydrogen-bond acceptors (Lipinski definition) is 6. The molecule has 0 atom stereocenters. The van der Waals surface area contributed by atoms with E-state index in [0.717, 1.165) is 42.1 Å². The molecule has 1 aromatic heterocycles. The zero-order chi connectivity index (χ0) is 27.3. The highest BCUT2D eigenvalue weighted by molar-refractivity contribution is 7.13. The molecule has 0 fully saturated rings. The molecule has 0 radical (unpaired) electrons. The van der Waals surface area contributed by atoms with Gasteiger partial charge in [-0.3, -0.25) is 0 Å². The maximum Gasteiger partial charge on any atom is 0.407 e. The SMILES string of the molecule is Cc1ncsc1-c1ccc(CNC(=O)OC(C)(C)C)c(N(CCCO[Si](C)(C)C(C)(C)C)C(C)C)c1. The van der Waals surface area contributed by atoms with Gasteiger partial charge in [-0.15, -0.1) is 11.3 Å². The van der Waals surface area contributed by atoms with Crippen molar-refractivity contribution in [1.82, 2.24) is 10.3 Å². The fourth-order valence-corrected chi connectivity index (χ4v) is 5.51. The highest BCUT2D eigenvalue weighted by Gasteiger charge is 2.36. The fourth-order valence-electron chi connectivity index (χ4n) is 3.62. The second-order valence-electron chi connectivity index (χ2n) is 12.2. The van der Waals surface area contributed by atoms with Crippen LogP contribution in [-0.2, 0) is 15.7 Å². The van der Waals surface area contributed by atoms with E-state index in [-0.39, 0.29) is 11.1 Å². The standard InChI is InChI=1S/C28H47N3O3SSi/c1-20(2)31(15-12-16-33-36(10,11)28(7,8)9)24-17-22(25-21(3)30-19-35-25)13-14-23(24)18-29-26(32)34-27(4,5)6/h13-14,17,19-20H,12,15-16,18H2,1-11H3,(H,29,32). The lowest BCUT2D eigenvalue weighted by Crippen LogP contribution is -2.41. The summed E-state index contributed by atoms with van der Waals surface area (Å²) in [5.41, 5.74) is 5.72. The van der Waals surface area contributed by atoms with E-state index >= 15 is 0 Å². The molecular weight excluding hydrogens is 486 g/mol. The monoisotopic (exact) mass is 533 g/mol. The van der Waals surface area contributed by atoms with Gasteiger partial charge in [0.25, 0.3) is 0 Å². The second kappa shape index (κ2) is 12.1. The van der Waals surface area contributed by atoms with E-state index in [9.17, 15) is 4.79 Å². The highest BCUT2D eigenvalue weighted by atomic mass is 32.1. The summed E-state index contributed by atoms with van der Waals surface area (Å²) in [4.78, 5) is 20.4. The van der Waals surface area contributed by atoms with E-state index in [0.29, 0.717) is 6.54 Å². The molecule has 8 heteroatoms. The Morgan fingerprint density at radius 3 is 2.36 bits per heavy atom. The zero-order valence-corrected chi connectivity index (χ0v) is 26.1. The number of thiazole rings is 1. The zero-order valence-electron chi connectivity index (χ0n) is 24.2. The number of nitrogens with one attached hydrogen (secondary N) is 1. The average Bonchev–Trinajstić information content (AvgIpc) is 3.15. The summed E-state index contributed by atoms with van der Waals surface area (Å²) in [6.45, 7) is 25.5. The third-order valence-corrected chi connectivity index (χ3v) is 12.2. The predicted octanol–water partition coefficient (Wildman–Crippen LogP) is 7.77. The Bertz CT molecular complexity index is 1010. The second-order valence-corrected chi connectivity index (χ2v) is 17.9. The first kappa shape index (κ1) is 30.3. The van der Waals surface area contributed by atoms with E-state index in [1.165, 1.54) is 4.88 Å². The number of aryl methyl sites for hydroxylation is 1. The van der Waals surface area contributed by atoms with Crippen molar-refractivity contribution in [2.24, 2.45) is 0 Å². The van der Waals surface area contributed by atoms with Crippen LogP contribution in [0, 0.1) is 6.92 Å². The van der Waals surface area contributed by atoms with Crippen molar-refractivity contribution in [3.8, 4) is 10.4 Å². The lowest BCUT2D eigenvalue weighted by atomic mass is 10.0. The number of carbonyl (C=O) groups excluding carboxylic acids is 1. The molecule has 1 heterocycles. The van der Waals surface area contributed by atoms with Crippen LogP contribution >= 0.6 is 11.3 Å². The van der Waals surface area contributed by atoms with Crippen LogP contribution in [0.15, 0.2) is 23.7 Å². The molecule has 1 aromatic carbocycles. The molecule has 0 aliphatic rings. The summed E-state index contributed by atoms with van der Waals surface area (Å²) in [5.74, 6) is 0. The van der Waals surface area contributed by atoms with Gasteiger partial charge in [0, 0.05) is 31.4 Å². The minimum absolute atomic E-state index is 0.201. The van der Waals surface area contributed by atoms with Gasteiger partial charge in [0.05, 0.1) is 16.1 Å². The van der Waals surface area contributed by atoms with Crippen LogP contribution in [0.5, 0.6) is 0 Å². The highest BCUT2D eigenvalue weighted by Crippen LogP contribution is 2.37. The topological polar surface area (TPSA) is 63.7 Å². The number of ether oxygens (including phenoxy) is 1. The van der Waals surface area contributed by atoms with Crippen LogP contribution in [0.4, 0.5) is 10.5 Å². The van der Waals surface area contributed by atoms with Crippen molar-refractivity contribution in [1.29, 1.82) is 0 Å². The van der Waals surface area contributed by atoms with Crippen molar-refractivity contribution in [3.63, 3.8) is 0 Å². The summed E-state index contributed by atoms with van der Waals surface area (Å²) in [5, 5.41) is 3.14. The van der Waals surface area contributed by atoms with Crippen LogP contribution in [0.3, 0.4) is 0 Å². The minimum atomic E-state index is -1.78. The van der Waals surface area contributed by atoms with Crippen molar-refractivity contribution < 1.29 is 14.0 Å². The molecule has 1 amide bonds. The fraction of sp³-hybridized carbons (Fsp3) is 0.643. The summed E-state index contributed by atoms with van der Waals surface area (Å²) < 4.78 is 11.9. The Morgan fingerprint density at radius 1 is 1.17 bits per heavy atom. The predicted molar refractivity (Wildman–Crippen MR) is 156 cm³/mol. The minimum Gasteiger partial charge on any atom is -0.444 e. The Hall–Kier alpha value is -1.90. The lowest BCUT2D eigenvalue weighted by molar-refractivity contribution is 0.0523. The van der Waals surface area contributed by atoms with E-state index in [4.69, 9.17) is 9.16 Å². The Labute approximate surface area is 223 Å². The largest absolute Gasteiger partial charge is 0.444 e. The van der Waals surface area contributed by atoms with Gasteiger partial charge in [0.2, 0.25) is 0 Å². The molecule has 2 rings (SSSR count). The molecule has 0 saturated heterocycles. The van der Waals surface area contributed by atoms with Gasteiger partial charge in [-0.2, -0.15) is 0 Å². The van der Waals surface area contributed by atoms with Gasteiger partial charge in [0.15, 0.2) is 8.32 Å². The Balaban J connectivity index is 2.28. The van der Waals surface area contributed by atoms with Gasteiger partial charge in [-0.05, 0) is 83.3 Å². The first-order valence-electron chi connectivity index (χ1n) is 12.9. The summed E-state index contributed by atoms with van der Waals surface area (Å²) in [6.07, 6.45) is 0.530. The van der Waals surface area contributed by atoms with Gasteiger partial charge < -0.3 is 19.4 Å². The average molecular weight is 534 g/mol. The number of anilines is 1. The van der Waals surface area contributed by atoms with Crippen molar-refractivity contribution in [3.05, 3.63) is 35.0 Å². The molecule has 0 bridgehead atoms. The number of carbonyl (C=O) groups is 1. The summed E-state index contributed by atoms with van der Waals surface area (Å²) in [6, 6.07) is 6.76. The number of aromatic nitrogens is 1. The van der Waals surface area contributed by atoms with Crippen LogP contribution in [-0.4, -0.2) is 44.2 Å². The van der Waals surface area contributed by atoms with Gasteiger partial charge >= 0.3 is 6.09 Å². The van der Waals surface area contributed by atoms with Crippen LogP contribution in [0.2, 0.25) is 18.1 Å². The molecule has 2 aromatic rings. The number of benzene rings is 1. The third kappa shape index (κ3) is 8.59. The number of alkyl carbamates (subject to hydrolysis) is 1. The Morgan fingerprint density at radius 2 is 1.83 bits per heavy atom. The smallest absolute Gasteiger partial charge is 0.407 e. The van der Waals surface area contributed by atoms with Crippen molar-refractivity contribution in [2.75, 3.05) is 18.1 Å². The molecule has 0 aliphatic carbocycles. The molecular formula is C28H47N3O3SSi. The van der Waals surface area contributed by atoms with Crippen molar-refractivity contribution >= 4 is 31.4 Å². The molecule has 1 N–H and O–H groups in total. The van der Waals surface area contributed by atoms with Gasteiger partial charge in [-0.25, -0.2) is 9.78 Å². The molecule has 36 heavy (non-hydrogen) atoms. The molecule has 0 unspecified atom stereocenters. The first-order valence-corrected chi connectivity index (χ1v) is 16.7. The number of nitrogens with zero attached hydrogens (tertiary/aromatic N) is 2.